The highest BCUT2D eigenvalue weighted by molar-refractivity contribution is 9.10. The molecule has 0 radical (unpaired) electrons. The molecule has 0 spiro atoms. The van der Waals surface area contributed by atoms with Gasteiger partial charge in [-0.2, -0.15) is 0 Å². The van der Waals surface area contributed by atoms with Gasteiger partial charge in [0, 0.05) is 23.8 Å². The number of hydrogen-bond donors (Lipinski definition) is 0. The van der Waals surface area contributed by atoms with Crippen LogP contribution in [0.4, 0.5) is 0 Å². The Hall–Kier alpha value is -0.290. The number of halogens is 1. The van der Waals surface area contributed by atoms with Gasteiger partial charge < -0.3 is 4.52 Å². The Labute approximate surface area is 124 Å². The first-order chi connectivity index (χ1) is 9.00. The van der Waals surface area contributed by atoms with Gasteiger partial charge in [0.25, 0.3) is 0 Å². The van der Waals surface area contributed by atoms with Crippen LogP contribution in [0, 0.1) is 0 Å². The van der Waals surface area contributed by atoms with Crippen LogP contribution in [0.2, 0.25) is 0 Å². The standard InChI is InChI=1S/C12H14BrO4PS/c1-3-19-18(15,16-2)17-11-7-5-9(13)8-4-6-10(14)12(8)11/h5,7H,3-4,6H2,1-2H3. The third kappa shape index (κ3) is 3.07. The van der Waals surface area contributed by atoms with E-state index in [0.29, 0.717) is 29.9 Å². The molecule has 0 saturated carbocycles. The average Bonchev–Trinajstić information content (AvgIpc) is 2.77. The van der Waals surface area contributed by atoms with Crippen molar-refractivity contribution >= 4 is 39.9 Å². The molecule has 0 N–H and O–H groups in total. The first-order valence-electron chi connectivity index (χ1n) is 5.85. The number of carbonyl (C=O) groups is 1. The van der Waals surface area contributed by atoms with Crippen molar-refractivity contribution in [1.29, 1.82) is 0 Å². The molecule has 0 heterocycles. The quantitative estimate of drug-likeness (QED) is 0.721. The number of fused-ring (bicyclic) bond motifs is 1. The summed E-state index contributed by atoms with van der Waals surface area (Å²) >= 11 is 4.54. The highest BCUT2D eigenvalue weighted by Crippen LogP contribution is 2.60. The Morgan fingerprint density at radius 1 is 1.42 bits per heavy atom. The zero-order valence-electron chi connectivity index (χ0n) is 10.6. The summed E-state index contributed by atoms with van der Waals surface area (Å²) in [5.74, 6) is 0.986. The third-order valence-electron chi connectivity index (χ3n) is 2.82. The van der Waals surface area contributed by atoms with Gasteiger partial charge in [0.1, 0.15) is 5.75 Å². The number of hydrogen-bond acceptors (Lipinski definition) is 5. The Morgan fingerprint density at radius 2 is 2.16 bits per heavy atom. The number of Topliss-reactive ketones (excluding diaryl/α,β-unsaturated/α-hetero) is 1. The summed E-state index contributed by atoms with van der Waals surface area (Å²) in [4.78, 5) is 11.9. The Morgan fingerprint density at radius 3 is 2.79 bits per heavy atom. The molecule has 4 nitrogen and oxygen atoms in total. The van der Waals surface area contributed by atoms with E-state index in [2.05, 4.69) is 15.9 Å². The molecular weight excluding hydrogens is 351 g/mol. The smallest absolute Gasteiger partial charge is 0.416 e. The molecule has 0 bridgehead atoms. The lowest BCUT2D eigenvalue weighted by molar-refractivity contribution is 0.0993. The van der Waals surface area contributed by atoms with Crippen LogP contribution in [-0.4, -0.2) is 18.6 Å². The van der Waals surface area contributed by atoms with Gasteiger partial charge in [-0.15, -0.1) is 0 Å². The van der Waals surface area contributed by atoms with Crippen molar-refractivity contribution in [3.8, 4) is 5.75 Å². The van der Waals surface area contributed by atoms with E-state index in [1.165, 1.54) is 7.11 Å². The molecule has 0 amide bonds. The van der Waals surface area contributed by atoms with Crippen LogP contribution >= 0.6 is 34.1 Å². The number of benzene rings is 1. The van der Waals surface area contributed by atoms with Crippen molar-refractivity contribution in [2.24, 2.45) is 0 Å². The molecule has 0 saturated heterocycles. The number of ketones is 1. The van der Waals surface area contributed by atoms with E-state index in [1.807, 2.05) is 13.0 Å². The normalized spacial score (nSPS) is 17.1. The molecule has 2 rings (SSSR count). The number of carbonyl (C=O) groups excluding carboxylic acids is 1. The first-order valence-corrected chi connectivity index (χ1v) is 9.78. The maximum atomic E-state index is 12.3. The maximum Gasteiger partial charge on any atom is 0.439 e. The largest absolute Gasteiger partial charge is 0.439 e. The molecule has 0 fully saturated rings. The summed E-state index contributed by atoms with van der Waals surface area (Å²) in [6.07, 6.45) is 1.15. The summed E-state index contributed by atoms with van der Waals surface area (Å²) in [6, 6.07) is 3.47. The lowest BCUT2D eigenvalue weighted by atomic mass is 10.1. The van der Waals surface area contributed by atoms with Crippen LogP contribution < -0.4 is 4.52 Å². The second-order valence-corrected chi connectivity index (χ2v) is 9.21. The van der Waals surface area contributed by atoms with Crippen molar-refractivity contribution < 1.29 is 18.4 Å². The maximum absolute atomic E-state index is 12.3. The van der Waals surface area contributed by atoms with Crippen molar-refractivity contribution in [3.63, 3.8) is 0 Å². The lowest BCUT2D eigenvalue weighted by Crippen LogP contribution is -2.00. The summed E-state index contributed by atoms with van der Waals surface area (Å²) < 4.78 is 23.7. The van der Waals surface area contributed by atoms with Gasteiger partial charge in [0.2, 0.25) is 0 Å². The molecule has 1 atom stereocenters. The van der Waals surface area contributed by atoms with Crippen LogP contribution in [-0.2, 0) is 15.5 Å². The topological polar surface area (TPSA) is 52.6 Å². The minimum Gasteiger partial charge on any atom is -0.416 e. The van der Waals surface area contributed by atoms with E-state index in [1.54, 1.807) is 6.07 Å². The fourth-order valence-corrected chi connectivity index (χ4v) is 5.12. The van der Waals surface area contributed by atoms with Gasteiger partial charge in [0.15, 0.2) is 5.78 Å². The zero-order chi connectivity index (χ0) is 14.0. The van der Waals surface area contributed by atoms with Crippen LogP contribution in [0.25, 0.3) is 0 Å². The molecule has 0 aromatic heterocycles. The predicted molar refractivity (Wildman–Crippen MR) is 80.2 cm³/mol. The van der Waals surface area contributed by atoms with Gasteiger partial charge in [0.05, 0.1) is 5.56 Å². The van der Waals surface area contributed by atoms with Gasteiger partial charge in [-0.05, 0) is 35.5 Å². The van der Waals surface area contributed by atoms with Crippen molar-refractivity contribution in [3.05, 3.63) is 27.7 Å². The zero-order valence-corrected chi connectivity index (χ0v) is 13.9. The van der Waals surface area contributed by atoms with Crippen LogP contribution in [0.1, 0.15) is 29.3 Å². The third-order valence-corrected chi connectivity index (χ3v) is 7.40. The van der Waals surface area contributed by atoms with E-state index in [0.717, 1.165) is 21.4 Å². The fourth-order valence-electron chi connectivity index (χ4n) is 1.99. The molecule has 1 aromatic rings. The van der Waals surface area contributed by atoms with E-state index >= 15 is 0 Å². The highest BCUT2D eigenvalue weighted by atomic mass is 79.9. The van der Waals surface area contributed by atoms with Gasteiger partial charge in [-0.3, -0.25) is 9.32 Å². The molecule has 1 aliphatic rings. The van der Waals surface area contributed by atoms with Gasteiger partial charge in [-0.25, -0.2) is 4.57 Å². The summed E-state index contributed by atoms with van der Waals surface area (Å²) in [7, 11) is 1.35. The van der Waals surface area contributed by atoms with Crippen LogP contribution in [0.3, 0.4) is 0 Å². The van der Waals surface area contributed by atoms with E-state index < -0.39 is 6.80 Å². The molecule has 19 heavy (non-hydrogen) atoms. The van der Waals surface area contributed by atoms with Crippen molar-refractivity contribution in [2.45, 2.75) is 19.8 Å². The van der Waals surface area contributed by atoms with Gasteiger partial charge in [-0.1, -0.05) is 22.9 Å². The van der Waals surface area contributed by atoms with Crippen molar-refractivity contribution in [1.82, 2.24) is 0 Å². The summed E-state index contributed by atoms with van der Waals surface area (Å²) in [5.41, 5.74) is 1.45. The van der Waals surface area contributed by atoms with Crippen LogP contribution in [0.5, 0.6) is 5.75 Å². The van der Waals surface area contributed by atoms with E-state index in [9.17, 15) is 9.36 Å². The Kier molecular flexibility index (Phi) is 4.77. The second kappa shape index (κ2) is 6.00. The molecular formula is C12H14BrO4PS. The molecule has 0 aliphatic heterocycles. The first kappa shape index (κ1) is 15.1. The fraction of sp³-hybridized carbons (Fsp3) is 0.417. The Balaban J connectivity index is 2.40. The molecule has 1 aliphatic carbocycles. The Bertz CT molecular complexity index is 561. The van der Waals surface area contributed by atoms with Crippen molar-refractivity contribution in [2.75, 3.05) is 12.9 Å². The molecule has 7 heteroatoms. The lowest BCUT2D eigenvalue weighted by Gasteiger charge is -2.17. The summed E-state index contributed by atoms with van der Waals surface area (Å²) in [6.45, 7) is -1.37. The second-order valence-electron chi connectivity index (χ2n) is 3.96. The SMILES string of the molecule is CCSP(=O)(OC)Oc1ccc(Br)c2c1C(=O)CC2. The van der Waals surface area contributed by atoms with E-state index in [4.69, 9.17) is 9.05 Å². The van der Waals surface area contributed by atoms with E-state index in [-0.39, 0.29) is 5.78 Å². The number of rotatable bonds is 5. The monoisotopic (exact) mass is 364 g/mol. The van der Waals surface area contributed by atoms with Gasteiger partial charge >= 0.3 is 6.80 Å². The molecule has 1 unspecified atom stereocenters. The average molecular weight is 365 g/mol. The molecule has 104 valence electrons. The minimum atomic E-state index is -3.25. The minimum absolute atomic E-state index is 0.0236. The highest BCUT2D eigenvalue weighted by Gasteiger charge is 2.31. The summed E-state index contributed by atoms with van der Waals surface area (Å²) in [5, 5.41) is 0. The molecule has 1 aromatic carbocycles. The van der Waals surface area contributed by atoms with Crippen LogP contribution in [0.15, 0.2) is 16.6 Å². The predicted octanol–water partition coefficient (Wildman–Crippen LogP) is 4.46.